The van der Waals surface area contributed by atoms with Gasteiger partial charge in [-0.2, -0.15) is 0 Å². The van der Waals surface area contributed by atoms with Crippen LogP contribution in [0.1, 0.15) is 36.6 Å². The van der Waals surface area contributed by atoms with E-state index >= 15 is 0 Å². The molecular formula is C29H29N3O3S2. The van der Waals surface area contributed by atoms with Gasteiger partial charge in [-0.05, 0) is 67.9 Å². The van der Waals surface area contributed by atoms with Crippen LogP contribution in [0.5, 0.6) is 0 Å². The fraction of sp³-hybridized carbons (Fsp3) is 0.414. The first-order valence-corrected chi connectivity index (χ1v) is 14.9. The van der Waals surface area contributed by atoms with E-state index < -0.39 is 0 Å². The number of para-hydroxylation sites is 1. The molecule has 2 aromatic carbocycles. The summed E-state index contributed by atoms with van der Waals surface area (Å²) in [4.78, 5) is 47.8. The molecule has 6 unspecified atom stereocenters. The van der Waals surface area contributed by atoms with Crippen LogP contribution in [-0.2, 0) is 9.59 Å². The minimum atomic E-state index is -0.269. The van der Waals surface area contributed by atoms with Gasteiger partial charge in [0, 0.05) is 34.8 Å². The zero-order valence-corrected chi connectivity index (χ0v) is 22.4. The number of thiazole rings is 1. The molecule has 1 aromatic heterocycles. The van der Waals surface area contributed by atoms with Crippen molar-refractivity contribution >= 4 is 46.3 Å². The van der Waals surface area contributed by atoms with Crippen LogP contribution in [0.15, 0.2) is 64.4 Å². The van der Waals surface area contributed by atoms with Crippen molar-refractivity contribution < 1.29 is 9.59 Å². The van der Waals surface area contributed by atoms with Gasteiger partial charge in [0.25, 0.3) is 0 Å². The standard InChI is InChI=1S/C29H29N3O3S2/c1-3-31(4-2)16-12-10-15(11-13-16)20-21-18-14-19(24(21)36-26-25(20)37-29(35)30-26)23-22(18)27(33)32(28(23)34)17-8-6-5-7-9-17/h5-13,18-24H,3-4,14H2,1-2H3,(H,30,35)/t18?,19?,20-,21?,22?,23?,24?/m1/s1. The van der Waals surface area contributed by atoms with Crippen molar-refractivity contribution in [2.75, 3.05) is 22.9 Å². The van der Waals surface area contributed by atoms with Crippen molar-refractivity contribution in [1.82, 2.24) is 4.98 Å². The van der Waals surface area contributed by atoms with Crippen LogP contribution >= 0.6 is 23.1 Å². The highest BCUT2D eigenvalue weighted by Crippen LogP contribution is 2.68. The number of carbonyl (C=O) groups excluding carboxylic acids is 2. The van der Waals surface area contributed by atoms with Crippen molar-refractivity contribution in [3.63, 3.8) is 0 Å². The Hall–Kier alpha value is -2.84. The number of rotatable bonds is 5. The highest BCUT2D eigenvalue weighted by Gasteiger charge is 2.69. The lowest BCUT2D eigenvalue weighted by Gasteiger charge is -2.43. The largest absolute Gasteiger partial charge is 0.372 e. The fourth-order valence-electron chi connectivity index (χ4n) is 7.70. The van der Waals surface area contributed by atoms with Crippen molar-refractivity contribution in [2.24, 2.45) is 29.6 Å². The average Bonchev–Trinajstić information content (AvgIpc) is 3.64. The van der Waals surface area contributed by atoms with E-state index in [2.05, 4.69) is 48.0 Å². The number of fused-ring (bicyclic) bond motifs is 9. The molecule has 2 saturated carbocycles. The Morgan fingerprint density at radius 1 is 0.919 bits per heavy atom. The quantitative estimate of drug-likeness (QED) is 0.471. The van der Waals surface area contributed by atoms with Gasteiger partial charge in [-0.1, -0.05) is 41.7 Å². The van der Waals surface area contributed by atoms with E-state index in [1.54, 1.807) is 11.8 Å². The molecule has 190 valence electrons. The number of anilines is 2. The number of benzene rings is 2. The summed E-state index contributed by atoms with van der Waals surface area (Å²) in [6.07, 6.45) is 0.908. The van der Waals surface area contributed by atoms with Crippen LogP contribution in [-0.4, -0.2) is 35.1 Å². The molecule has 37 heavy (non-hydrogen) atoms. The number of thioether (sulfide) groups is 1. The van der Waals surface area contributed by atoms with Crippen molar-refractivity contribution in [3.8, 4) is 0 Å². The summed E-state index contributed by atoms with van der Waals surface area (Å²) in [5, 5.41) is 1.17. The molecule has 7 rings (SSSR count). The van der Waals surface area contributed by atoms with E-state index in [9.17, 15) is 14.4 Å². The van der Waals surface area contributed by atoms with Gasteiger partial charge in [0.15, 0.2) is 0 Å². The number of nitrogens with one attached hydrogen (secondary N) is 1. The number of aromatic nitrogens is 1. The number of hydrogen-bond donors (Lipinski definition) is 1. The third-order valence-corrected chi connectivity index (χ3v) is 11.7. The second-order valence-corrected chi connectivity index (χ2v) is 12.8. The minimum absolute atomic E-state index is 0.0304. The number of aromatic amines is 1. The van der Waals surface area contributed by atoms with Crippen molar-refractivity contribution in [2.45, 2.75) is 36.5 Å². The Bertz CT molecular complexity index is 1430. The molecule has 3 aromatic rings. The molecule has 7 atom stereocenters. The van der Waals surface area contributed by atoms with E-state index in [0.717, 1.165) is 29.4 Å². The topological polar surface area (TPSA) is 73.5 Å². The first kappa shape index (κ1) is 23.3. The first-order valence-electron chi connectivity index (χ1n) is 13.2. The number of H-pyrrole nitrogens is 1. The van der Waals surface area contributed by atoms with Crippen LogP contribution in [0.3, 0.4) is 0 Å². The second-order valence-electron chi connectivity index (χ2n) is 10.6. The second kappa shape index (κ2) is 8.60. The Balaban J connectivity index is 1.29. The normalized spacial score (nSPS) is 31.4. The predicted octanol–water partition coefficient (Wildman–Crippen LogP) is 4.96. The number of carbonyl (C=O) groups is 2. The number of amides is 2. The zero-order chi connectivity index (χ0) is 25.4. The summed E-state index contributed by atoms with van der Waals surface area (Å²) in [5.41, 5.74) is 3.07. The molecule has 2 aliphatic carbocycles. The molecule has 3 heterocycles. The summed E-state index contributed by atoms with van der Waals surface area (Å²) < 4.78 is 0. The molecule has 4 aliphatic rings. The maximum absolute atomic E-state index is 13.8. The number of imide groups is 1. The van der Waals surface area contributed by atoms with Crippen LogP contribution in [0.2, 0.25) is 0 Å². The molecule has 1 N–H and O–H groups in total. The van der Waals surface area contributed by atoms with Gasteiger partial charge in [0.05, 0.1) is 22.5 Å². The van der Waals surface area contributed by atoms with Crippen molar-refractivity contribution in [1.29, 1.82) is 0 Å². The summed E-state index contributed by atoms with van der Waals surface area (Å²) >= 11 is 3.05. The van der Waals surface area contributed by atoms with Crippen LogP contribution < -0.4 is 14.7 Å². The van der Waals surface area contributed by atoms with E-state index in [0.29, 0.717) is 5.69 Å². The molecule has 0 radical (unpaired) electrons. The summed E-state index contributed by atoms with van der Waals surface area (Å²) in [5.74, 6) is -0.0567. The maximum atomic E-state index is 13.8. The Labute approximate surface area is 224 Å². The fourth-order valence-corrected chi connectivity index (χ4v) is 10.6. The molecule has 0 spiro atoms. The first-order chi connectivity index (χ1) is 18.0. The van der Waals surface area contributed by atoms with Gasteiger partial charge in [-0.3, -0.25) is 19.3 Å². The van der Waals surface area contributed by atoms with Crippen LogP contribution in [0, 0.1) is 29.6 Å². The molecule has 2 amide bonds. The molecular weight excluding hydrogens is 502 g/mol. The van der Waals surface area contributed by atoms with Gasteiger partial charge in [-0.25, -0.2) is 0 Å². The molecule has 8 heteroatoms. The highest BCUT2D eigenvalue weighted by molar-refractivity contribution is 8.00. The molecule has 1 saturated heterocycles. The van der Waals surface area contributed by atoms with E-state index in [-0.39, 0.29) is 57.4 Å². The van der Waals surface area contributed by atoms with Gasteiger partial charge in [-0.15, -0.1) is 11.8 Å². The van der Waals surface area contributed by atoms with Crippen molar-refractivity contribution in [3.05, 3.63) is 74.7 Å². The number of nitrogens with zero attached hydrogens (tertiary/aromatic N) is 2. The van der Waals surface area contributed by atoms with Gasteiger partial charge in [0.2, 0.25) is 11.8 Å². The SMILES string of the molecule is CCN(CC)c1ccc([C@H]2c3sc(=O)[nH]c3SC3C4CC(C5C(=O)N(c6ccccc6)C(=O)C45)C32)cc1. The van der Waals surface area contributed by atoms with Gasteiger partial charge >= 0.3 is 4.87 Å². The predicted molar refractivity (Wildman–Crippen MR) is 147 cm³/mol. The Morgan fingerprint density at radius 3 is 2.27 bits per heavy atom. The van der Waals surface area contributed by atoms with Crippen LogP contribution in [0.4, 0.5) is 11.4 Å². The third kappa shape index (κ3) is 3.27. The smallest absolute Gasteiger partial charge is 0.305 e. The summed E-state index contributed by atoms with van der Waals surface area (Å²) in [6.45, 7) is 6.22. The lowest BCUT2D eigenvalue weighted by atomic mass is 9.68. The summed E-state index contributed by atoms with van der Waals surface area (Å²) in [6, 6.07) is 18.1. The lowest BCUT2D eigenvalue weighted by molar-refractivity contribution is -0.123. The molecule has 6 nitrogen and oxygen atoms in total. The van der Waals surface area contributed by atoms with Gasteiger partial charge in [0.1, 0.15) is 0 Å². The number of hydrogen-bond acceptors (Lipinski definition) is 6. The van der Waals surface area contributed by atoms with E-state index in [1.165, 1.54) is 27.5 Å². The third-order valence-electron chi connectivity index (χ3n) is 9.12. The highest BCUT2D eigenvalue weighted by atomic mass is 32.2. The molecule has 2 bridgehead atoms. The van der Waals surface area contributed by atoms with Crippen LogP contribution in [0.25, 0.3) is 0 Å². The monoisotopic (exact) mass is 531 g/mol. The average molecular weight is 532 g/mol. The lowest BCUT2D eigenvalue weighted by Crippen LogP contribution is -2.42. The molecule has 3 fully saturated rings. The minimum Gasteiger partial charge on any atom is -0.372 e. The zero-order valence-electron chi connectivity index (χ0n) is 20.8. The van der Waals surface area contributed by atoms with Gasteiger partial charge < -0.3 is 9.88 Å². The maximum Gasteiger partial charge on any atom is 0.305 e. The Kier molecular flexibility index (Phi) is 5.41. The Morgan fingerprint density at radius 2 is 1.59 bits per heavy atom. The molecule has 2 aliphatic heterocycles. The van der Waals surface area contributed by atoms with E-state index in [1.807, 2.05) is 30.3 Å². The summed E-state index contributed by atoms with van der Waals surface area (Å²) in [7, 11) is 0. The van der Waals surface area contributed by atoms with E-state index in [4.69, 9.17) is 0 Å².